The first-order chi connectivity index (χ1) is 17.6. The highest BCUT2D eigenvalue weighted by Gasteiger charge is 2.18. The molecule has 0 aliphatic heterocycles. The molecular formula is C31H26N2S. The van der Waals surface area contributed by atoms with Crippen LogP contribution in [0.5, 0.6) is 0 Å². The van der Waals surface area contributed by atoms with Crippen LogP contribution in [0.15, 0.2) is 79.3 Å². The van der Waals surface area contributed by atoms with Gasteiger partial charge in [-0.15, -0.1) is 11.3 Å². The van der Waals surface area contributed by atoms with Gasteiger partial charge in [-0.1, -0.05) is 80.6 Å². The SMILES string of the molecule is [2H]C([2H])(c1ccnc(-c2cncc3c2sc2c4ccccc4c4ccccc4c32)c1)C1CCCCC1. The lowest BCUT2D eigenvalue weighted by Crippen LogP contribution is -2.09. The van der Waals surface area contributed by atoms with E-state index in [4.69, 9.17) is 7.73 Å². The van der Waals surface area contributed by atoms with Crippen LogP contribution in [0.4, 0.5) is 0 Å². The highest BCUT2D eigenvalue weighted by molar-refractivity contribution is 7.27. The fraction of sp³-hybridized carbons (Fsp3) is 0.226. The highest BCUT2D eigenvalue weighted by Crippen LogP contribution is 2.46. The second kappa shape index (κ2) is 8.18. The average molecular weight is 461 g/mol. The van der Waals surface area contributed by atoms with Crippen molar-refractivity contribution in [2.75, 3.05) is 0 Å². The minimum Gasteiger partial charge on any atom is -0.263 e. The lowest BCUT2D eigenvalue weighted by atomic mass is 9.85. The lowest BCUT2D eigenvalue weighted by molar-refractivity contribution is 0.356. The number of thiophene rings is 1. The molecule has 0 radical (unpaired) electrons. The maximum Gasteiger partial charge on any atom is 0.0734 e. The summed E-state index contributed by atoms with van der Waals surface area (Å²) in [5.41, 5.74) is 2.50. The largest absolute Gasteiger partial charge is 0.263 e. The van der Waals surface area contributed by atoms with Gasteiger partial charge in [0.05, 0.1) is 5.69 Å². The molecule has 7 rings (SSSR count). The van der Waals surface area contributed by atoms with Gasteiger partial charge in [-0.05, 0) is 46.1 Å². The molecule has 0 bridgehead atoms. The van der Waals surface area contributed by atoms with E-state index in [1.807, 2.05) is 24.5 Å². The second-order valence-corrected chi connectivity index (χ2v) is 10.4. The van der Waals surface area contributed by atoms with Crippen molar-refractivity contribution in [3.8, 4) is 11.3 Å². The molecule has 6 aromatic rings. The van der Waals surface area contributed by atoms with Crippen LogP contribution in [0, 0.1) is 5.92 Å². The average Bonchev–Trinajstić information content (AvgIpc) is 3.34. The van der Waals surface area contributed by atoms with E-state index in [1.165, 1.54) is 38.1 Å². The van der Waals surface area contributed by atoms with Crippen molar-refractivity contribution in [3.05, 3.63) is 84.8 Å². The van der Waals surface area contributed by atoms with Crippen LogP contribution in [0.1, 0.15) is 40.4 Å². The Morgan fingerprint density at radius 3 is 2.35 bits per heavy atom. The van der Waals surface area contributed by atoms with Gasteiger partial charge >= 0.3 is 0 Å². The Morgan fingerprint density at radius 2 is 1.53 bits per heavy atom. The number of rotatable bonds is 3. The summed E-state index contributed by atoms with van der Waals surface area (Å²) >= 11 is 1.80. The summed E-state index contributed by atoms with van der Waals surface area (Å²) in [5.74, 6) is 0.0671. The standard InChI is InChI=1S/C31H26N2S/c1-2-8-20(9-3-1)16-21-14-15-33-28(17-21)26-18-32-19-27-29-24-12-6-4-10-22(24)23-11-5-7-13-25(23)31(29)34-30(26)27/h4-7,10-15,17-20H,1-3,8-9,16H2/i16D2. The van der Waals surface area contributed by atoms with Crippen molar-refractivity contribution < 1.29 is 2.74 Å². The van der Waals surface area contributed by atoms with Gasteiger partial charge in [-0.3, -0.25) is 9.97 Å². The normalized spacial score (nSPS) is 16.4. The maximum absolute atomic E-state index is 8.98. The highest BCUT2D eigenvalue weighted by atomic mass is 32.1. The topological polar surface area (TPSA) is 25.8 Å². The van der Waals surface area contributed by atoms with Crippen LogP contribution in [0.3, 0.4) is 0 Å². The van der Waals surface area contributed by atoms with E-state index in [-0.39, 0.29) is 5.92 Å². The fourth-order valence-corrected chi connectivity index (χ4v) is 7.00. The van der Waals surface area contributed by atoms with Gasteiger partial charge < -0.3 is 0 Å². The number of nitrogens with zero attached hydrogens (tertiary/aromatic N) is 2. The zero-order valence-electron chi connectivity index (χ0n) is 20.9. The summed E-state index contributed by atoms with van der Waals surface area (Å²) in [5, 5.41) is 7.40. The van der Waals surface area contributed by atoms with Gasteiger partial charge in [0.1, 0.15) is 0 Å². The zero-order valence-corrected chi connectivity index (χ0v) is 19.7. The van der Waals surface area contributed by atoms with Crippen LogP contribution < -0.4 is 0 Å². The van der Waals surface area contributed by atoms with Crippen LogP contribution in [-0.4, -0.2) is 9.97 Å². The molecule has 0 unspecified atom stereocenters. The third-order valence-corrected chi connectivity index (χ3v) is 8.54. The molecule has 3 aromatic heterocycles. The number of aromatic nitrogens is 2. The summed E-state index contributed by atoms with van der Waals surface area (Å²) in [6.45, 7) is 0. The third-order valence-electron chi connectivity index (χ3n) is 7.27. The van der Waals surface area contributed by atoms with Gasteiger partial charge in [-0.25, -0.2) is 0 Å². The summed E-state index contributed by atoms with van der Waals surface area (Å²) in [6.07, 6.45) is 9.65. The molecule has 0 atom stereocenters. The van der Waals surface area contributed by atoms with Gasteiger partial charge in [0.15, 0.2) is 0 Å². The summed E-state index contributed by atoms with van der Waals surface area (Å²) in [6, 6.07) is 21.1. The number of fused-ring (bicyclic) bond motifs is 8. The molecule has 1 saturated carbocycles. The predicted molar refractivity (Wildman–Crippen MR) is 146 cm³/mol. The first kappa shape index (κ1) is 18.1. The Morgan fingerprint density at radius 1 is 0.794 bits per heavy atom. The minimum atomic E-state index is -1.36. The first-order valence-corrected chi connectivity index (χ1v) is 13.0. The van der Waals surface area contributed by atoms with Crippen LogP contribution in [0.2, 0.25) is 0 Å². The van der Waals surface area contributed by atoms with Crippen LogP contribution >= 0.6 is 11.3 Å². The Labute approximate surface area is 206 Å². The molecule has 3 aromatic carbocycles. The number of pyridine rings is 2. The first-order valence-electron chi connectivity index (χ1n) is 13.2. The molecule has 166 valence electrons. The summed E-state index contributed by atoms with van der Waals surface area (Å²) in [4.78, 5) is 9.37. The molecular weight excluding hydrogens is 432 g/mol. The monoisotopic (exact) mass is 460 g/mol. The Hall–Kier alpha value is -3.30. The van der Waals surface area contributed by atoms with E-state index in [0.29, 0.717) is 0 Å². The van der Waals surface area contributed by atoms with Crippen LogP contribution in [-0.2, 0) is 6.37 Å². The van der Waals surface area contributed by atoms with Crippen molar-refractivity contribution in [2.45, 2.75) is 38.5 Å². The second-order valence-electron chi connectivity index (χ2n) is 9.37. The van der Waals surface area contributed by atoms with Crippen molar-refractivity contribution in [1.82, 2.24) is 9.97 Å². The lowest BCUT2D eigenvalue weighted by Gasteiger charge is -2.21. The van der Waals surface area contributed by atoms with E-state index in [9.17, 15) is 0 Å². The number of benzene rings is 3. The Kier molecular flexibility index (Phi) is 4.35. The van der Waals surface area contributed by atoms with E-state index in [0.717, 1.165) is 52.6 Å². The van der Waals surface area contributed by atoms with Gasteiger partial charge in [-0.2, -0.15) is 0 Å². The molecule has 1 aliphatic rings. The van der Waals surface area contributed by atoms with Crippen molar-refractivity contribution in [1.29, 1.82) is 0 Å². The van der Waals surface area contributed by atoms with E-state index in [2.05, 4.69) is 53.5 Å². The molecule has 0 amide bonds. The number of hydrogen-bond donors (Lipinski definition) is 0. The Balaban J connectivity index is 1.47. The molecule has 1 fully saturated rings. The zero-order chi connectivity index (χ0) is 24.3. The molecule has 0 spiro atoms. The van der Waals surface area contributed by atoms with E-state index < -0.39 is 6.37 Å². The number of hydrogen-bond acceptors (Lipinski definition) is 3. The molecule has 3 heterocycles. The smallest absolute Gasteiger partial charge is 0.0734 e. The van der Waals surface area contributed by atoms with E-state index in [1.54, 1.807) is 17.5 Å². The van der Waals surface area contributed by atoms with Gasteiger partial charge in [0.2, 0.25) is 0 Å². The van der Waals surface area contributed by atoms with Gasteiger partial charge in [0, 0.05) is 52.5 Å². The van der Waals surface area contributed by atoms with E-state index >= 15 is 0 Å². The summed E-state index contributed by atoms with van der Waals surface area (Å²) in [7, 11) is 0. The molecule has 0 saturated heterocycles. The fourth-order valence-electron chi connectivity index (χ4n) is 5.65. The third kappa shape index (κ3) is 3.22. The molecule has 3 heteroatoms. The van der Waals surface area contributed by atoms with Crippen molar-refractivity contribution >= 4 is 53.1 Å². The van der Waals surface area contributed by atoms with Gasteiger partial charge in [0.25, 0.3) is 0 Å². The quantitative estimate of drug-likeness (QED) is 0.246. The maximum atomic E-state index is 8.98. The molecule has 1 aliphatic carbocycles. The van der Waals surface area contributed by atoms with Crippen molar-refractivity contribution in [2.24, 2.45) is 5.92 Å². The predicted octanol–water partition coefficient (Wildman–Crippen LogP) is 8.94. The Bertz CT molecular complexity index is 1770. The van der Waals surface area contributed by atoms with Crippen LogP contribution in [0.25, 0.3) is 53.0 Å². The minimum absolute atomic E-state index is 0.0671. The molecule has 34 heavy (non-hydrogen) atoms. The molecule has 0 N–H and O–H groups in total. The summed E-state index contributed by atoms with van der Waals surface area (Å²) < 4.78 is 20.4. The van der Waals surface area contributed by atoms with Crippen molar-refractivity contribution in [3.63, 3.8) is 0 Å². The molecule has 2 nitrogen and oxygen atoms in total.